The van der Waals surface area contributed by atoms with Gasteiger partial charge in [0.15, 0.2) is 5.76 Å². The molecule has 8 heteroatoms. The largest absolute Gasteiger partial charge is 0.465 e. The number of morpholine rings is 1. The lowest BCUT2D eigenvalue weighted by Gasteiger charge is -2.23. The Morgan fingerprint density at radius 3 is 2.33 bits per heavy atom. The van der Waals surface area contributed by atoms with Crippen molar-refractivity contribution < 1.29 is 38.4 Å². The molecule has 162 valence electrons. The van der Waals surface area contributed by atoms with Crippen LogP contribution in [0.25, 0.3) is 11.3 Å². The van der Waals surface area contributed by atoms with Gasteiger partial charge >= 0.3 is 11.9 Å². The van der Waals surface area contributed by atoms with Crippen LogP contribution in [0.1, 0.15) is 32.9 Å². The zero-order valence-electron chi connectivity index (χ0n) is 17.6. The van der Waals surface area contributed by atoms with E-state index in [9.17, 15) is 9.59 Å². The van der Waals surface area contributed by atoms with E-state index in [1.807, 2.05) is 12.1 Å². The molecule has 3 N–H and O–H groups in total. The van der Waals surface area contributed by atoms with Crippen LogP contribution >= 0.6 is 0 Å². The van der Waals surface area contributed by atoms with Crippen LogP contribution in [0.4, 0.5) is 0 Å². The zero-order chi connectivity index (χ0) is 21.3. The highest BCUT2D eigenvalue weighted by Gasteiger charge is 2.17. The van der Waals surface area contributed by atoms with Crippen LogP contribution < -0.4 is 10.2 Å². The fourth-order valence-electron chi connectivity index (χ4n) is 3.53. The Bertz CT molecular complexity index is 823. The lowest BCUT2D eigenvalue weighted by atomic mass is 10.0. The van der Waals surface area contributed by atoms with Crippen molar-refractivity contribution in [3.63, 3.8) is 0 Å². The molecule has 0 bridgehead atoms. The number of carbonyl (C=O) groups excluding carboxylic acids is 2. The maximum Gasteiger partial charge on any atom is 0.337 e. The van der Waals surface area contributed by atoms with E-state index >= 15 is 0 Å². The summed E-state index contributed by atoms with van der Waals surface area (Å²) in [5, 5.41) is 2.23. The topological polar surface area (TPSA) is 96.0 Å². The monoisotopic (exact) mass is 418 g/mol. The second-order valence-electron chi connectivity index (χ2n) is 7.30. The molecule has 30 heavy (non-hydrogen) atoms. The Morgan fingerprint density at radius 2 is 1.70 bits per heavy atom. The number of esters is 2. The first-order valence-corrected chi connectivity index (χ1v) is 10.2. The number of nitrogens with one attached hydrogen (secondary N) is 1. The van der Waals surface area contributed by atoms with Crippen LogP contribution in [0.5, 0.6) is 0 Å². The summed E-state index contributed by atoms with van der Waals surface area (Å²) in [6, 6.07) is 8.51. The van der Waals surface area contributed by atoms with Crippen molar-refractivity contribution in [3.05, 3.63) is 47.2 Å². The third-order valence-corrected chi connectivity index (χ3v) is 5.21. The molecule has 0 atom stereocenters. The predicted molar refractivity (Wildman–Crippen MR) is 108 cm³/mol. The molecule has 2 aromatic rings. The van der Waals surface area contributed by atoms with Crippen molar-refractivity contribution >= 4 is 11.9 Å². The van der Waals surface area contributed by atoms with Gasteiger partial charge in [0.25, 0.3) is 0 Å². The van der Waals surface area contributed by atoms with Crippen LogP contribution in [0.15, 0.2) is 34.7 Å². The molecular weight excluding hydrogens is 388 g/mol. The van der Waals surface area contributed by atoms with Gasteiger partial charge in [-0.1, -0.05) is 0 Å². The van der Waals surface area contributed by atoms with Gasteiger partial charge < -0.3 is 28.8 Å². The normalized spacial score (nSPS) is 14.5. The molecule has 8 nitrogen and oxygen atoms in total. The number of nitrogens with two attached hydrogens (primary N) is 1. The van der Waals surface area contributed by atoms with Gasteiger partial charge in [0.2, 0.25) is 0 Å². The third kappa shape index (κ3) is 5.91. The molecule has 1 aromatic heterocycles. The summed E-state index contributed by atoms with van der Waals surface area (Å²) in [7, 11) is 2.60. The first-order valence-electron chi connectivity index (χ1n) is 10.2. The minimum absolute atomic E-state index is 0.269. The van der Waals surface area contributed by atoms with E-state index in [0.29, 0.717) is 11.3 Å². The van der Waals surface area contributed by atoms with E-state index in [1.165, 1.54) is 26.8 Å². The quantitative estimate of drug-likeness (QED) is 0.436. The van der Waals surface area contributed by atoms with E-state index in [0.717, 1.165) is 51.6 Å². The molecule has 0 unspecified atom stereocenters. The summed E-state index contributed by atoms with van der Waals surface area (Å²) in [6.45, 7) is 6.86. The molecule has 3 rings (SSSR count). The van der Waals surface area contributed by atoms with E-state index in [2.05, 4.69) is 5.32 Å². The molecule has 0 radical (unpaired) electrons. The van der Waals surface area contributed by atoms with Crippen LogP contribution in [-0.2, 0) is 20.8 Å². The van der Waals surface area contributed by atoms with Crippen LogP contribution in [0, 0.1) is 0 Å². The average molecular weight is 418 g/mol. The Morgan fingerprint density at radius 1 is 1.03 bits per heavy atom. The SMILES string of the molecule is COC(=O)c1cc(C(=O)OC)cc(-c2ccc(C[NH2+]CCC[NH+]3CCOCC3)o2)c1. The number of hydrogen-bond acceptors (Lipinski definition) is 6. The Hall–Kier alpha value is -2.68. The molecule has 0 spiro atoms. The number of furan rings is 1. The number of methoxy groups -OCH3 is 2. The number of hydrogen-bond donors (Lipinski definition) is 2. The minimum Gasteiger partial charge on any atom is -0.465 e. The molecule has 2 heterocycles. The number of rotatable bonds is 9. The smallest absolute Gasteiger partial charge is 0.337 e. The van der Waals surface area contributed by atoms with Crippen molar-refractivity contribution in [2.75, 3.05) is 53.6 Å². The van der Waals surface area contributed by atoms with Gasteiger partial charge in [-0.2, -0.15) is 0 Å². The maximum absolute atomic E-state index is 12.0. The van der Waals surface area contributed by atoms with Gasteiger partial charge in [-0.05, 0) is 30.3 Å². The summed E-state index contributed by atoms with van der Waals surface area (Å²) < 4.78 is 20.9. The Labute approximate surface area is 176 Å². The Balaban J connectivity index is 1.59. The number of carbonyl (C=O) groups is 2. The summed E-state index contributed by atoms with van der Waals surface area (Å²) >= 11 is 0. The highest BCUT2D eigenvalue weighted by molar-refractivity contribution is 5.97. The summed E-state index contributed by atoms with van der Waals surface area (Å²) in [4.78, 5) is 25.5. The standard InChI is InChI=1S/C22H28N2O6/c1-27-21(25)17-12-16(13-18(14-17)22(26)28-2)20-5-4-19(30-20)15-23-6-3-7-24-8-10-29-11-9-24/h4-5,12-14,23H,3,6-11,15H2,1-2H3/p+2. The van der Waals surface area contributed by atoms with Gasteiger partial charge in [-0.3, -0.25) is 0 Å². The van der Waals surface area contributed by atoms with E-state index in [-0.39, 0.29) is 11.1 Å². The molecule has 0 aliphatic carbocycles. The van der Waals surface area contributed by atoms with Crippen molar-refractivity contribution in [1.82, 2.24) is 0 Å². The molecule has 1 aliphatic rings. The van der Waals surface area contributed by atoms with Crippen LogP contribution in [0.3, 0.4) is 0 Å². The van der Waals surface area contributed by atoms with Crippen molar-refractivity contribution in [1.29, 1.82) is 0 Å². The molecular formula is C22H30N2O6+2. The second-order valence-corrected chi connectivity index (χ2v) is 7.30. The lowest BCUT2D eigenvalue weighted by molar-refractivity contribution is -0.909. The minimum atomic E-state index is -0.524. The molecule has 1 fully saturated rings. The second kappa shape index (κ2) is 10.9. The average Bonchev–Trinajstić information content (AvgIpc) is 3.27. The van der Waals surface area contributed by atoms with Crippen molar-refractivity contribution in [3.8, 4) is 11.3 Å². The fraction of sp³-hybridized carbons (Fsp3) is 0.455. The van der Waals surface area contributed by atoms with Crippen LogP contribution in [0.2, 0.25) is 0 Å². The molecule has 0 saturated carbocycles. The number of quaternary nitrogens is 2. The summed E-state index contributed by atoms with van der Waals surface area (Å²) in [5.74, 6) is 0.382. The summed E-state index contributed by atoms with van der Waals surface area (Å²) in [6.07, 6.45) is 1.15. The van der Waals surface area contributed by atoms with Crippen LogP contribution in [-0.4, -0.2) is 65.6 Å². The highest BCUT2D eigenvalue weighted by Crippen LogP contribution is 2.25. The first kappa shape index (κ1) is 22.0. The Kier molecular flexibility index (Phi) is 8.01. The number of benzene rings is 1. The molecule has 1 aromatic carbocycles. The fourth-order valence-corrected chi connectivity index (χ4v) is 3.53. The van der Waals surface area contributed by atoms with Crippen molar-refractivity contribution in [2.24, 2.45) is 0 Å². The van der Waals surface area contributed by atoms with Gasteiger partial charge in [-0.25, -0.2) is 9.59 Å². The zero-order valence-corrected chi connectivity index (χ0v) is 17.6. The molecule has 0 amide bonds. The molecule has 1 saturated heterocycles. The highest BCUT2D eigenvalue weighted by atomic mass is 16.5. The summed E-state index contributed by atoms with van der Waals surface area (Å²) in [5.41, 5.74) is 1.16. The molecule has 1 aliphatic heterocycles. The van der Waals surface area contributed by atoms with E-state index < -0.39 is 11.9 Å². The maximum atomic E-state index is 12.0. The van der Waals surface area contributed by atoms with E-state index in [1.54, 1.807) is 17.0 Å². The van der Waals surface area contributed by atoms with Gasteiger partial charge in [0, 0.05) is 12.0 Å². The number of ether oxygens (including phenoxy) is 3. The van der Waals surface area contributed by atoms with Gasteiger partial charge in [-0.15, -0.1) is 0 Å². The predicted octanol–water partition coefficient (Wildman–Crippen LogP) is -0.112. The first-order chi connectivity index (χ1) is 14.6. The lowest BCUT2D eigenvalue weighted by Crippen LogP contribution is -3.14. The third-order valence-electron chi connectivity index (χ3n) is 5.21. The van der Waals surface area contributed by atoms with E-state index in [4.69, 9.17) is 18.6 Å². The van der Waals surface area contributed by atoms with Gasteiger partial charge in [0.05, 0.1) is 51.6 Å². The van der Waals surface area contributed by atoms with Gasteiger partial charge in [0.1, 0.15) is 25.4 Å². The van der Waals surface area contributed by atoms with Crippen molar-refractivity contribution in [2.45, 2.75) is 13.0 Å².